The van der Waals surface area contributed by atoms with Crippen molar-refractivity contribution in [2.75, 3.05) is 11.4 Å². The zero-order valence-electron chi connectivity index (χ0n) is 11.3. The van der Waals surface area contributed by atoms with E-state index in [2.05, 4.69) is 0 Å². The van der Waals surface area contributed by atoms with Crippen LogP contribution >= 0.6 is 0 Å². The molecule has 2 aromatic carbocycles. The number of hydrogen-bond acceptors (Lipinski definition) is 1. The Morgan fingerprint density at radius 3 is 2.55 bits per heavy atom. The Morgan fingerprint density at radius 1 is 1.10 bits per heavy atom. The maximum atomic E-state index is 13.8. The van der Waals surface area contributed by atoms with Crippen molar-refractivity contribution in [3.05, 3.63) is 65.5 Å². The molecule has 3 heteroatoms. The summed E-state index contributed by atoms with van der Waals surface area (Å²) in [7, 11) is 0. The third-order valence-corrected chi connectivity index (χ3v) is 3.87. The van der Waals surface area contributed by atoms with Gasteiger partial charge in [0, 0.05) is 12.2 Å². The molecule has 0 aliphatic carbocycles. The Bertz CT molecular complexity index is 653. The van der Waals surface area contributed by atoms with Gasteiger partial charge in [-0.1, -0.05) is 36.4 Å². The Morgan fingerprint density at radius 2 is 1.80 bits per heavy atom. The molecule has 0 saturated carbocycles. The van der Waals surface area contributed by atoms with E-state index in [1.807, 2.05) is 31.2 Å². The van der Waals surface area contributed by atoms with Crippen LogP contribution in [0.2, 0.25) is 0 Å². The molecule has 1 aliphatic rings. The summed E-state index contributed by atoms with van der Waals surface area (Å²) >= 11 is 0. The summed E-state index contributed by atoms with van der Waals surface area (Å²) < 4.78 is 13.8. The molecule has 1 atom stereocenters. The summed E-state index contributed by atoms with van der Waals surface area (Å²) in [4.78, 5) is 14.3. The fraction of sp³-hybridized carbons (Fsp3) is 0.235. The summed E-state index contributed by atoms with van der Waals surface area (Å²) in [5.74, 6) is -0.451. The quantitative estimate of drug-likeness (QED) is 0.835. The molecule has 3 rings (SSSR count). The minimum absolute atomic E-state index is 0.0666. The summed E-state index contributed by atoms with van der Waals surface area (Å²) in [6.07, 6.45) is 0.416. The largest absolute Gasteiger partial charge is 0.312 e. The van der Waals surface area contributed by atoms with Crippen molar-refractivity contribution in [1.82, 2.24) is 0 Å². The number of carbonyl (C=O) groups excluding carboxylic acids is 1. The van der Waals surface area contributed by atoms with Crippen LogP contribution in [0.25, 0.3) is 0 Å². The Hall–Kier alpha value is -2.16. The number of halogens is 1. The highest BCUT2D eigenvalue weighted by Gasteiger charge is 2.36. The smallest absolute Gasteiger partial charge is 0.234 e. The second kappa shape index (κ2) is 5.08. The molecule has 0 N–H and O–H groups in total. The SMILES string of the molecule is CCN1C(=O)[C@H](Cc2ccccc2F)c2ccccc21. The molecular formula is C17H16FNO. The van der Waals surface area contributed by atoms with Gasteiger partial charge in [0.15, 0.2) is 0 Å². The molecule has 1 aliphatic heterocycles. The van der Waals surface area contributed by atoms with E-state index in [4.69, 9.17) is 0 Å². The highest BCUT2D eigenvalue weighted by molar-refractivity contribution is 6.05. The first-order valence-corrected chi connectivity index (χ1v) is 6.86. The van der Waals surface area contributed by atoms with Gasteiger partial charge in [-0.05, 0) is 36.6 Å². The lowest BCUT2D eigenvalue weighted by Gasteiger charge is -2.15. The summed E-state index contributed by atoms with van der Waals surface area (Å²) in [5.41, 5.74) is 2.56. The first-order chi connectivity index (χ1) is 9.72. The third-order valence-electron chi connectivity index (χ3n) is 3.87. The molecule has 2 aromatic rings. The van der Waals surface area contributed by atoms with Crippen LogP contribution in [0.15, 0.2) is 48.5 Å². The highest BCUT2D eigenvalue weighted by Crippen LogP contribution is 2.38. The van der Waals surface area contributed by atoms with Gasteiger partial charge in [0.05, 0.1) is 5.92 Å². The summed E-state index contributed by atoms with van der Waals surface area (Å²) in [5, 5.41) is 0. The van der Waals surface area contributed by atoms with E-state index in [0.717, 1.165) is 11.3 Å². The van der Waals surface area contributed by atoms with Crippen LogP contribution in [0.4, 0.5) is 10.1 Å². The Balaban J connectivity index is 1.98. The zero-order chi connectivity index (χ0) is 14.1. The fourth-order valence-electron chi connectivity index (χ4n) is 2.88. The lowest BCUT2D eigenvalue weighted by atomic mass is 9.93. The predicted molar refractivity (Wildman–Crippen MR) is 77.3 cm³/mol. The summed E-state index contributed by atoms with van der Waals surface area (Å²) in [6, 6.07) is 14.5. The molecule has 0 fully saturated rings. The minimum Gasteiger partial charge on any atom is -0.312 e. The Labute approximate surface area is 117 Å². The van der Waals surface area contributed by atoms with Gasteiger partial charge < -0.3 is 4.90 Å². The second-order valence-electron chi connectivity index (χ2n) is 4.99. The number of carbonyl (C=O) groups is 1. The molecule has 0 unspecified atom stereocenters. The molecule has 0 aromatic heterocycles. The van der Waals surface area contributed by atoms with E-state index >= 15 is 0 Å². The van der Waals surface area contributed by atoms with Gasteiger partial charge in [0.25, 0.3) is 0 Å². The summed E-state index contributed by atoms with van der Waals surface area (Å²) in [6.45, 7) is 2.60. The van der Waals surface area contributed by atoms with Gasteiger partial charge in [0.2, 0.25) is 5.91 Å². The van der Waals surface area contributed by atoms with Crippen molar-refractivity contribution < 1.29 is 9.18 Å². The van der Waals surface area contributed by atoms with E-state index in [0.29, 0.717) is 18.5 Å². The van der Waals surface area contributed by atoms with Gasteiger partial charge in [-0.3, -0.25) is 4.79 Å². The van der Waals surface area contributed by atoms with Gasteiger partial charge in [-0.25, -0.2) is 4.39 Å². The van der Waals surface area contributed by atoms with Crippen LogP contribution in [0.3, 0.4) is 0 Å². The van der Waals surface area contributed by atoms with Crippen molar-refractivity contribution in [3.8, 4) is 0 Å². The van der Waals surface area contributed by atoms with Crippen molar-refractivity contribution >= 4 is 11.6 Å². The van der Waals surface area contributed by atoms with Gasteiger partial charge >= 0.3 is 0 Å². The Kier molecular flexibility index (Phi) is 3.26. The van der Waals surface area contributed by atoms with E-state index < -0.39 is 0 Å². The maximum Gasteiger partial charge on any atom is 0.234 e. The monoisotopic (exact) mass is 269 g/mol. The molecule has 0 spiro atoms. The van der Waals surface area contributed by atoms with E-state index in [1.165, 1.54) is 6.07 Å². The van der Waals surface area contributed by atoms with Gasteiger partial charge in [-0.2, -0.15) is 0 Å². The number of para-hydroxylation sites is 1. The predicted octanol–water partition coefficient (Wildman–Crippen LogP) is 3.52. The maximum absolute atomic E-state index is 13.8. The topological polar surface area (TPSA) is 20.3 Å². The number of nitrogens with zero attached hydrogens (tertiary/aromatic N) is 1. The van der Waals surface area contributed by atoms with Crippen LogP contribution in [0.5, 0.6) is 0 Å². The van der Waals surface area contributed by atoms with Crippen LogP contribution in [0, 0.1) is 5.82 Å². The second-order valence-corrected chi connectivity index (χ2v) is 4.99. The van der Waals surface area contributed by atoms with Crippen molar-refractivity contribution in [2.24, 2.45) is 0 Å². The van der Waals surface area contributed by atoms with E-state index in [9.17, 15) is 9.18 Å². The first kappa shape index (κ1) is 12.9. The average Bonchev–Trinajstić information content (AvgIpc) is 2.74. The molecule has 1 amide bonds. The molecular weight excluding hydrogens is 253 g/mol. The number of rotatable bonds is 3. The number of anilines is 1. The number of hydrogen-bond donors (Lipinski definition) is 0. The molecule has 2 nitrogen and oxygen atoms in total. The number of amides is 1. The average molecular weight is 269 g/mol. The number of benzene rings is 2. The van der Waals surface area contributed by atoms with E-state index in [-0.39, 0.29) is 17.6 Å². The molecule has 0 bridgehead atoms. The lowest BCUT2D eigenvalue weighted by molar-refractivity contribution is -0.119. The molecule has 0 radical (unpaired) electrons. The standard InChI is InChI=1S/C17H16FNO/c1-2-19-16-10-6-4-8-13(16)14(17(19)20)11-12-7-3-5-9-15(12)18/h3-10,14H,2,11H2,1H3/t14-/m1/s1. The molecule has 0 saturated heterocycles. The molecule has 1 heterocycles. The highest BCUT2D eigenvalue weighted by atomic mass is 19.1. The van der Waals surface area contributed by atoms with E-state index in [1.54, 1.807) is 23.1 Å². The lowest BCUT2D eigenvalue weighted by Crippen LogP contribution is -2.29. The molecule has 20 heavy (non-hydrogen) atoms. The normalized spacial score (nSPS) is 17.4. The molecule has 102 valence electrons. The van der Waals surface area contributed by atoms with Crippen molar-refractivity contribution in [1.29, 1.82) is 0 Å². The van der Waals surface area contributed by atoms with Crippen molar-refractivity contribution in [3.63, 3.8) is 0 Å². The van der Waals surface area contributed by atoms with Crippen LogP contribution in [-0.4, -0.2) is 12.5 Å². The fourth-order valence-corrected chi connectivity index (χ4v) is 2.88. The van der Waals surface area contributed by atoms with Crippen LogP contribution in [0.1, 0.15) is 24.0 Å². The van der Waals surface area contributed by atoms with Gasteiger partial charge in [-0.15, -0.1) is 0 Å². The minimum atomic E-state index is -0.275. The third kappa shape index (κ3) is 1.99. The first-order valence-electron chi connectivity index (χ1n) is 6.86. The number of likely N-dealkylation sites (N-methyl/N-ethyl adjacent to an activating group) is 1. The van der Waals surface area contributed by atoms with Gasteiger partial charge in [0.1, 0.15) is 5.82 Å². The number of fused-ring (bicyclic) bond motifs is 1. The van der Waals surface area contributed by atoms with Crippen LogP contribution in [-0.2, 0) is 11.2 Å². The van der Waals surface area contributed by atoms with Crippen LogP contribution < -0.4 is 4.90 Å². The van der Waals surface area contributed by atoms with Crippen molar-refractivity contribution in [2.45, 2.75) is 19.3 Å². The zero-order valence-corrected chi connectivity index (χ0v) is 11.3.